The first-order valence-corrected chi connectivity index (χ1v) is 4.98. The van der Waals surface area contributed by atoms with Gasteiger partial charge in [-0.25, -0.2) is 9.78 Å². The third-order valence-electron chi connectivity index (χ3n) is 2.13. The van der Waals surface area contributed by atoms with Crippen molar-refractivity contribution in [2.75, 3.05) is 19.8 Å². The topological polar surface area (TPSA) is 50.7 Å². The van der Waals surface area contributed by atoms with E-state index in [0.717, 1.165) is 19.3 Å². The Balaban J connectivity index is 1.96. The van der Waals surface area contributed by atoms with E-state index >= 15 is 0 Å². The van der Waals surface area contributed by atoms with Crippen molar-refractivity contribution in [1.82, 2.24) is 5.32 Å². The molecule has 0 spiro atoms. The van der Waals surface area contributed by atoms with Crippen LogP contribution < -0.4 is 5.32 Å². The van der Waals surface area contributed by atoms with Crippen molar-refractivity contribution < 1.29 is 14.9 Å². The minimum absolute atomic E-state index is 0.187. The van der Waals surface area contributed by atoms with E-state index in [0.29, 0.717) is 25.8 Å². The predicted octanol–water partition coefficient (Wildman–Crippen LogP) is 0.457. The van der Waals surface area contributed by atoms with Gasteiger partial charge in [-0.2, -0.15) is 0 Å². The van der Waals surface area contributed by atoms with Gasteiger partial charge in [0, 0.05) is 12.6 Å². The van der Waals surface area contributed by atoms with Crippen LogP contribution in [-0.2, 0) is 9.78 Å². The fraction of sp³-hybridized carbons (Fsp3) is 1.00. The third kappa shape index (κ3) is 4.57. The minimum atomic E-state index is -0.187. The molecule has 1 heterocycles. The van der Waals surface area contributed by atoms with E-state index in [1.54, 1.807) is 0 Å². The molecule has 2 atom stereocenters. The van der Waals surface area contributed by atoms with Crippen molar-refractivity contribution in [3.05, 3.63) is 0 Å². The Kier molecular flexibility index (Phi) is 5.31. The lowest BCUT2D eigenvalue weighted by Crippen LogP contribution is -2.43. The highest BCUT2D eigenvalue weighted by Gasteiger charge is 2.18. The molecule has 1 aliphatic rings. The van der Waals surface area contributed by atoms with Crippen LogP contribution in [-0.4, -0.2) is 37.0 Å². The Bertz CT molecular complexity index is 124. The van der Waals surface area contributed by atoms with Crippen LogP contribution in [0.4, 0.5) is 0 Å². The number of hydrogen-bond donors (Lipinski definition) is 2. The number of nitrogens with one attached hydrogen (secondary N) is 1. The lowest BCUT2D eigenvalue weighted by Gasteiger charge is -2.26. The van der Waals surface area contributed by atoms with Crippen molar-refractivity contribution in [3.8, 4) is 0 Å². The van der Waals surface area contributed by atoms with E-state index < -0.39 is 0 Å². The third-order valence-corrected chi connectivity index (χ3v) is 2.13. The molecule has 0 saturated carbocycles. The summed E-state index contributed by atoms with van der Waals surface area (Å²) in [5.41, 5.74) is 0. The molecule has 1 rings (SSSR count). The van der Waals surface area contributed by atoms with Gasteiger partial charge < -0.3 is 10.4 Å². The van der Waals surface area contributed by atoms with E-state index in [-0.39, 0.29) is 6.10 Å². The van der Waals surface area contributed by atoms with Gasteiger partial charge in [0.15, 0.2) is 0 Å². The number of hydrogen-bond acceptors (Lipinski definition) is 4. The molecule has 0 aromatic heterocycles. The Morgan fingerprint density at radius 2 is 2.23 bits per heavy atom. The average Bonchev–Trinajstić information content (AvgIpc) is 2.15. The maximum absolute atomic E-state index is 9.20. The molecule has 1 aliphatic heterocycles. The van der Waals surface area contributed by atoms with E-state index in [2.05, 4.69) is 5.32 Å². The van der Waals surface area contributed by atoms with Crippen LogP contribution in [0.15, 0.2) is 0 Å². The molecule has 0 radical (unpaired) electrons. The number of β-amino-alcohol motifs (C(OH)–C–C–N with tert-alkyl or cyclic N) is 1. The van der Waals surface area contributed by atoms with E-state index in [1.807, 2.05) is 6.92 Å². The Hall–Kier alpha value is -0.160. The molecular formula is C9H19NO3. The lowest BCUT2D eigenvalue weighted by molar-refractivity contribution is -0.298. The second-order valence-electron chi connectivity index (χ2n) is 3.44. The lowest BCUT2D eigenvalue weighted by atomic mass is 10.0. The fourth-order valence-corrected chi connectivity index (χ4v) is 1.32. The van der Waals surface area contributed by atoms with E-state index in [4.69, 9.17) is 9.78 Å². The minimum Gasteiger partial charge on any atom is -0.392 e. The molecular weight excluding hydrogens is 170 g/mol. The molecule has 1 saturated heterocycles. The molecule has 0 aromatic carbocycles. The molecule has 78 valence electrons. The van der Waals surface area contributed by atoms with Crippen molar-refractivity contribution in [2.45, 2.75) is 38.3 Å². The van der Waals surface area contributed by atoms with Gasteiger partial charge >= 0.3 is 0 Å². The summed E-state index contributed by atoms with van der Waals surface area (Å²) in [6.45, 7) is 3.93. The molecule has 1 fully saturated rings. The molecule has 0 unspecified atom stereocenters. The summed E-state index contributed by atoms with van der Waals surface area (Å²) in [6, 6.07) is 0.334. The zero-order chi connectivity index (χ0) is 9.52. The number of aliphatic hydroxyl groups excluding tert-OH is 1. The van der Waals surface area contributed by atoms with Gasteiger partial charge in [-0.1, -0.05) is 6.92 Å². The highest BCUT2D eigenvalue weighted by molar-refractivity contribution is 4.76. The van der Waals surface area contributed by atoms with Crippen LogP contribution in [0.3, 0.4) is 0 Å². The summed E-state index contributed by atoms with van der Waals surface area (Å²) in [5.74, 6) is 0. The average molecular weight is 189 g/mol. The highest BCUT2D eigenvalue weighted by atomic mass is 17.2. The first kappa shape index (κ1) is 10.9. The van der Waals surface area contributed by atoms with Crippen molar-refractivity contribution in [2.24, 2.45) is 0 Å². The number of piperidine rings is 1. The normalized spacial score (nSPS) is 29.1. The fourth-order valence-electron chi connectivity index (χ4n) is 1.32. The zero-order valence-corrected chi connectivity index (χ0v) is 8.16. The monoisotopic (exact) mass is 189 g/mol. The summed E-state index contributed by atoms with van der Waals surface area (Å²) in [6.07, 6.45) is 2.59. The van der Waals surface area contributed by atoms with Crippen LogP contribution in [0.1, 0.15) is 26.2 Å². The second-order valence-corrected chi connectivity index (χ2v) is 3.44. The molecule has 4 heteroatoms. The second kappa shape index (κ2) is 6.32. The first-order valence-electron chi connectivity index (χ1n) is 4.98. The van der Waals surface area contributed by atoms with Gasteiger partial charge in [-0.3, -0.25) is 0 Å². The van der Waals surface area contributed by atoms with Gasteiger partial charge in [0.05, 0.1) is 19.3 Å². The number of aliphatic hydroxyl groups is 1. The maximum Gasteiger partial charge on any atom is 0.0975 e. The summed E-state index contributed by atoms with van der Waals surface area (Å²) >= 11 is 0. The number of rotatable bonds is 5. The summed E-state index contributed by atoms with van der Waals surface area (Å²) < 4.78 is 0. The van der Waals surface area contributed by atoms with Crippen LogP contribution >= 0.6 is 0 Å². The van der Waals surface area contributed by atoms with Crippen molar-refractivity contribution in [3.63, 3.8) is 0 Å². The molecule has 0 aromatic rings. The summed E-state index contributed by atoms with van der Waals surface area (Å²) in [4.78, 5) is 9.91. The molecule has 0 aliphatic carbocycles. The van der Waals surface area contributed by atoms with Crippen LogP contribution in [0.2, 0.25) is 0 Å². The molecule has 4 nitrogen and oxygen atoms in total. The van der Waals surface area contributed by atoms with Crippen LogP contribution in [0, 0.1) is 0 Å². The van der Waals surface area contributed by atoms with Crippen LogP contribution in [0.5, 0.6) is 0 Å². The van der Waals surface area contributed by atoms with Gasteiger partial charge in [-0.05, 0) is 19.3 Å². The van der Waals surface area contributed by atoms with Gasteiger partial charge in [0.25, 0.3) is 0 Å². The van der Waals surface area contributed by atoms with Gasteiger partial charge in [0.1, 0.15) is 0 Å². The molecule has 0 amide bonds. The zero-order valence-electron chi connectivity index (χ0n) is 8.16. The molecule has 13 heavy (non-hydrogen) atoms. The highest BCUT2D eigenvalue weighted by Crippen LogP contribution is 2.08. The van der Waals surface area contributed by atoms with Crippen LogP contribution in [0.25, 0.3) is 0 Å². The largest absolute Gasteiger partial charge is 0.392 e. The standard InChI is InChI=1S/C9H19NO3/c1-2-5-12-13-7-8-3-4-9(11)6-10-8/h8-11H,2-7H2,1H3/t8-,9-/m1/s1. The Morgan fingerprint density at radius 3 is 2.85 bits per heavy atom. The van der Waals surface area contributed by atoms with E-state index in [9.17, 15) is 5.11 Å². The smallest absolute Gasteiger partial charge is 0.0975 e. The predicted molar refractivity (Wildman–Crippen MR) is 49.2 cm³/mol. The van der Waals surface area contributed by atoms with E-state index in [1.165, 1.54) is 0 Å². The summed E-state index contributed by atoms with van der Waals surface area (Å²) in [5, 5.41) is 12.4. The summed E-state index contributed by atoms with van der Waals surface area (Å²) in [7, 11) is 0. The maximum atomic E-state index is 9.20. The Labute approximate surface area is 79.2 Å². The first-order chi connectivity index (χ1) is 6.33. The SMILES string of the molecule is CCCOOC[C@H]1CC[C@@H](O)CN1. The molecule has 0 bridgehead atoms. The van der Waals surface area contributed by atoms with Gasteiger partial charge in [0.2, 0.25) is 0 Å². The Morgan fingerprint density at radius 1 is 1.38 bits per heavy atom. The molecule has 2 N–H and O–H groups in total. The van der Waals surface area contributed by atoms with Crippen molar-refractivity contribution in [1.29, 1.82) is 0 Å². The quantitative estimate of drug-likeness (QED) is 0.375. The van der Waals surface area contributed by atoms with Gasteiger partial charge in [-0.15, -0.1) is 0 Å². The van der Waals surface area contributed by atoms with Crippen molar-refractivity contribution >= 4 is 0 Å².